The summed E-state index contributed by atoms with van der Waals surface area (Å²) in [6, 6.07) is 6.14. The average Bonchev–Trinajstić information content (AvgIpc) is 2.43. The molecule has 0 aromatic heterocycles. The molecule has 0 radical (unpaired) electrons. The second kappa shape index (κ2) is 7.01. The molecule has 0 fully saturated rings. The molecule has 1 aromatic rings. The zero-order chi connectivity index (χ0) is 14.4. The number of likely N-dealkylation sites (N-methyl/N-ethyl adjacent to an activating group) is 1. The van der Waals surface area contributed by atoms with Gasteiger partial charge in [0.15, 0.2) is 0 Å². The monoisotopic (exact) mass is 262 g/mol. The fraction of sp³-hybridized carbons (Fsp3) is 0.533. The Hall–Kier alpha value is -1.73. The molecule has 4 nitrogen and oxygen atoms in total. The van der Waals surface area contributed by atoms with E-state index in [9.17, 15) is 0 Å². The normalized spacial score (nSPS) is 12.1. The maximum absolute atomic E-state index is 8.88. The van der Waals surface area contributed by atoms with Gasteiger partial charge in [0, 0.05) is 12.1 Å². The molecule has 1 aromatic carbocycles. The van der Waals surface area contributed by atoms with Gasteiger partial charge in [-0.2, -0.15) is 5.26 Å². The van der Waals surface area contributed by atoms with Crippen molar-refractivity contribution < 1.29 is 9.47 Å². The van der Waals surface area contributed by atoms with Gasteiger partial charge in [0.2, 0.25) is 0 Å². The van der Waals surface area contributed by atoms with Crippen molar-refractivity contribution >= 4 is 0 Å². The highest BCUT2D eigenvalue weighted by molar-refractivity contribution is 5.49. The standard InChI is InChI=1S/C15H22N2O2/c1-11(10-16)17(3)9-8-13-6-7-14(18-4)12(2)15(13)19-5/h6-7,11H,8-9H2,1-5H3. The van der Waals surface area contributed by atoms with Crippen molar-refractivity contribution in [3.05, 3.63) is 23.3 Å². The number of benzene rings is 1. The Labute approximate surface area is 115 Å². The molecule has 0 N–H and O–H groups in total. The number of nitrogens with zero attached hydrogens (tertiary/aromatic N) is 2. The van der Waals surface area contributed by atoms with Crippen molar-refractivity contribution in [3.63, 3.8) is 0 Å². The Morgan fingerprint density at radius 2 is 2.00 bits per heavy atom. The van der Waals surface area contributed by atoms with Gasteiger partial charge in [0.1, 0.15) is 11.5 Å². The summed E-state index contributed by atoms with van der Waals surface area (Å²) in [6.07, 6.45) is 0.844. The van der Waals surface area contributed by atoms with Gasteiger partial charge in [-0.15, -0.1) is 0 Å². The predicted octanol–water partition coefficient (Wildman–Crippen LogP) is 2.40. The third-order valence-electron chi connectivity index (χ3n) is 3.44. The summed E-state index contributed by atoms with van der Waals surface area (Å²) in [4.78, 5) is 2.03. The minimum atomic E-state index is -0.0784. The number of rotatable bonds is 6. The van der Waals surface area contributed by atoms with Crippen LogP contribution in [0.3, 0.4) is 0 Å². The van der Waals surface area contributed by atoms with Gasteiger partial charge >= 0.3 is 0 Å². The van der Waals surface area contributed by atoms with Crippen molar-refractivity contribution in [1.29, 1.82) is 5.26 Å². The number of methoxy groups -OCH3 is 2. The van der Waals surface area contributed by atoms with Crippen LogP contribution in [0, 0.1) is 18.3 Å². The van der Waals surface area contributed by atoms with Gasteiger partial charge in [0.25, 0.3) is 0 Å². The summed E-state index contributed by atoms with van der Waals surface area (Å²) in [6.45, 7) is 4.70. The molecule has 19 heavy (non-hydrogen) atoms. The molecule has 0 heterocycles. The highest BCUT2D eigenvalue weighted by atomic mass is 16.5. The van der Waals surface area contributed by atoms with Crippen molar-refractivity contribution in [1.82, 2.24) is 4.90 Å². The van der Waals surface area contributed by atoms with Crippen molar-refractivity contribution in [2.24, 2.45) is 0 Å². The average molecular weight is 262 g/mol. The lowest BCUT2D eigenvalue weighted by Gasteiger charge is -2.20. The van der Waals surface area contributed by atoms with E-state index in [0.29, 0.717) is 0 Å². The molecule has 0 spiro atoms. The molecule has 0 bridgehead atoms. The maximum Gasteiger partial charge on any atom is 0.128 e. The van der Waals surface area contributed by atoms with Crippen LogP contribution >= 0.6 is 0 Å². The van der Waals surface area contributed by atoms with Crippen LogP contribution in [0.25, 0.3) is 0 Å². The SMILES string of the molecule is COc1ccc(CCN(C)C(C)C#N)c(OC)c1C. The van der Waals surface area contributed by atoms with Crippen molar-refractivity contribution in [3.8, 4) is 17.6 Å². The molecule has 0 aliphatic rings. The van der Waals surface area contributed by atoms with Crippen LogP contribution in [0.5, 0.6) is 11.5 Å². The first-order valence-corrected chi connectivity index (χ1v) is 6.35. The lowest BCUT2D eigenvalue weighted by molar-refractivity contribution is 0.304. The second-order valence-corrected chi connectivity index (χ2v) is 4.62. The van der Waals surface area contributed by atoms with Crippen LogP contribution in [-0.4, -0.2) is 38.8 Å². The predicted molar refractivity (Wildman–Crippen MR) is 75.7 cm³/mol. The summed E-state index contributed by atoms with van der Waals surface area (Å²) in [7, 11) is 5.29. The Balaban J connectivity index is 2.85. The largest absolute Gasteiger partial charge is 0.496 e. The van der Waals surface area contributed by atoms with E-state index in [2.05, 4.69) is 6.07 Å². The number of hydrogen-bond acceptors (Lipinski definition) is 4. The molecule has 4 heteroatoms. The molecular formula is C15H22N2O2. The van der Waals surface area contributed by atoms with Crippen molar-refractivity contribution in [2.75, 3.05) is 27.8 Å². The third kappa shape index (κ3) is 3.62. The second-order valence-electron chi connectivity index (χ2n) is 4.62. The van der Waals surface area contributed by atoms with Crippen LogP contribution in [0.2, 0.25) is 0 Å². The first-order valence-electron chi connectivity index (χ1n) is 6.35. The van der Waals surface area contributed by atoms with E-state index >= 15 is 0 Å². The molecule has 1 rings (SSSR count). The van der Waals surface area contributed by atoms with Gasteiger partial charge in [-0.05, 0) is 38.9 Å². The Morgan fingerprint density at radius 1 is 1.32 bits per heavy atom. The van der Waals surface area contributed by atoms with Crippen LogP contribution in [-0.2, 0) is 6.42 Å². The smallest absolute Gasteiger partial charge is 0.128 e. The summed E-state index contributed by atoms with van der Waals surface area (Å²) in [5, 5.41) is 8.88. The van der Waals surface area contributed by atoms with Gasteiger partial charge in [-0.1, -0.05) is 6.07 Å². The zero-order valence-electron chi connectivity index (χ0n) is 12.4. The molecular weight excluding hydrogens is 240 g/mol. The quantitative estimate of drug-likeness (QED) is 0.789. The Morgan fingerprint density at radius 3 is 2.53 bits per heavy atom. The van der Waals surface area contributed by atoms with E-state index in [4.69, 9.17) is 14.7 Å². The van der Waals surface area contributed by atoms with E-state index in [1.807, 2.05) is 37.9 Å². The van der Waals surface area contributed by atoms with Crippen LogP contribution in [0.1, 0.15) is 18.1 Å². The number of ether oxygens (including phenoxy) is 2. The molecule has 0 aliphatic carbocycles. The molecule has 1 atom stereocenters. The zero-order valence-corrected chi connectivity index (χ0v) is 12.4. The number of nitriles is 1. The summed E-state index contributed by atoms with van der Waals surface area (Å²) in [5.74, 6) is 1.71. The first-order chi connectivity index (χ1) is 9.04. The van der Waals surface area contributed by atoms with E-state index in [1.54, 1.807) is 14.2 Å². The molecule has 0 saturated heterocycles. The van der Waals surface area contributed by atoms with E-state index in [1.165, 1.54) is 0 Å². The topological polar surface area (TPSA) is 45.5 Å². The van der Waals surface area contributed by atoms with Gasteiger partial charge < -0.3 is 9.47 Å². The van der Waals surface area contributed by atoms with Gasteiger partial charge in [-0.3, -0.25) is 4.90 Å². The maximum atomic E-state index is 8.88. The minimum absolute atomic E-state index is 0.0784. The van der Waals surface area contributed by atoms with E-state index < -0.39 is 0 Å². The lowest BCUT2D eigenvalue weighted by Crippen LogP contribution is -2.29. The fourth-order valence-electron chi connectivity index (χ4n) is 2.02. The summed E-state index contributed by atoms with van der Waals surface area (Å²) in [5.41, 5.74) is 2.15. The van der Waals surface area contributed by atoms with Crippen LogP contribution < -0.4 is 9.47 Å². The highest BCUT2D eigenvalue weighted by Gasteiger charge is 2.13. The first kappa shape index (κ1) is 15.3. The van der Waals surface area contributed by atoms with E-state index in [-0.39, 0.29) is 6.04 Å². The molecule has 0 aliphatic heterocycles. The molecule has 104 valence electrons. The molecule has 1 unspecified atom stereocenters. The summed E-state index contributed by atoms with van der Waals surface area (Å²) >= 11 is 0. The Kier molecular flexibility index (Phi) is 5.65. The fourth-order valence-corrected chi connectivity index (χ4v) is 2.02. The Bertz CT molecular complexity index is 466. The minimum Gasteiger partial charge on any atom is -0.496 e. The van der Waals surface area contributed by atoms with Crippen molar-refractivity contribution in [2.45, 2.75) is 26.3 Å². The molecule has 0 saturated carbocycles. The lowest BCUT2D eigenvalue weighted by atomic mass is 10.1. The highest BCUT2D eigenvalue weighted by Crippen LogP contribution is 2.31. The van der Waals surface area contributed by atoms with Crippen LogP contribution in [0.4, 0.5) is 0 Å². The van der Waals surface area contributed by atoms with Gasteiger partial charge in [-0.25, -0.2) is 0 Å². The van der Waals surface area contributed by atoms with E-state index in [0.717, 1.165) is 35.6 Å². The summed E-state index contributed by atoms with van der Waals surface area (Å²) < 4.78 is 10.8. The van der Waals surface area contributed by atoms with Gasteiger partial charge in [0.05, 0.1) is 26.3 Å². The third-order valence-corrected chi connectivity index (χ3v) is 3.44. The number of hydrogen-bond donors (Lipinski definition) is 0. The van der Waals surface area contributed by atoms with Crippen LogP contribution in [0.15, 0.2) is 12.1 Å². The molecule has 0 amide bonds.